The Morgan fingerprint density at radius 2 is 1.76 bits per heavy atom. The molecule has 0 spiro atoms. The van der Waals surface area contributed by atoms with E-state index in [4.69, 9.17) is 15.0 Å². The maximum absolute atomic E-state index is 11.2. The van der Waals surface area contributed by atoms with Crippen LogP contribution in [0.2, 0.25) is 0 Å². The summed E-state index contributed by atoms with van der Waals surface area (Å²) in [6.45, 7) is 0.323. The SMILES string of the molecule is [N-]=[N+]=Nc1cc([N+](=O)[O-])c2c(c1[N+](=O)[O-])OCCCCO2. The molecule has 1 aromatic carbocycles. The number of nitro groups is 2. The van der Waals surface area contributed by atoms with Crippen LogP contribution in [-0.4, -0.2) is 23.1 Å². The number of benzene rings is 1. The van der Waals surface area contributed by atoms with E-state index in [2.05, 4.69) is 10.0 Å². The summed E-state index contributed by atoms with van der Waals surface area (Å²) in [6, 6.07) is 0.807. The molecule has 0 fully saturated rings. The van der Waals surface area contributed by atoms with Crippen molar-refractivity contribution < 1.29 is 19.3 Å². The molecule has 0 saturated carbocycles. The van der Waals surface area contributed by atoms with Crippen molar-refractivity contribution in [3.05, 3.63) is 36.7 Å². The standard InChI is InChI=1S/C10H9N5O6/c11-13-12-6-5-7(14(16)17)9-10(8(6)15(18)19)21-4-2-1-3-20-9/h5H,1-4H2. The van der Waals surface area contributed by atoms with Gasteiger partial charge in [0.25, 0.3) is 0 Å². The number of hydrogen-bond donors (Lipinski definition) is 0. The van der Waals surface area contributed by atoms with Crippen molar-refractivity contribution in [2.45, 2.75) is 12.8 Å². The lowest BCUT2D eigenvalue weighted by Gasteiger charge is -2.16. The molecule has 1 aromatic rings. The molecule has 0 amide bonds. The molecule has 110 valence electrons. The summed E-state index contributed by atoms with van der Waals surface area (Å²) < 4.78 is 10.5. The fraction of sp³-hybridized carbons (Fsp3) is 0.400. The maximum atomic E-state index is 11.2. The quantitative estimate of drug-likeness (QED) is 0.274. The van der Waals surface area contributed by atoms with Crippen molar-refractivity contribution in [1.82, 2.24) is 0 Å². The van der Waals surface area contributed by atoms with Crippen molar-refractivity contribution in [1.29, 1.82) is 0 Å². The van der Waals surface area contributed by atoms with Gasteiger partial charge in [0.05, 0.1) is 23.1 Å². The second-order valence-corrected chi connectivity index (χ2v) is 4.03. The summed E-state index contributed by atoms with van der Waals surface area (Å²) in [4.78, 5) is 23.1. The number of azide groups is 1. The Morgan fingerprint density at radius 1 is 1.14 bits per heavy atom. The van der Waals surface area contributed by atoms with E-state index in [0.717, 1.165) is 6.07 Å². The highest BCUT2D eigenvalue weighted by molar-refractivity contribution is 5.77. The summed E-state index contributed by atoms with van der Waals surface area (Å²) in [6.07, 6.45) is 1.18. The van der Waals surface area contributed by atoms with Crippen LogP contribution in [0.15, 0.2) is 11.2 Å². The molecule has 11 heteroatoms. The predicted molar refractivity (Wildman–Crippen MR) is 68.8 cm³/mol. The molecule has 1 aliphatic heterocycles. The Labute approximate surface area is 117 Å². The van der Waals surface area contributed by atoms with Crippen molar-refractivity contribution in [2.75, 3.05) is 13.2 Å². The number of rotatable bonds is 3. The van der Waals surface area contributed by atoms with Crippen molar-refractivity contribution >= 4 is 17.1 Å². The highest BCUT2D eigenvalue weighted by Gasteiger charge is 2.34. The lowest BCUT2D eigenvalue weighted by atomic mass is 10.2. The van der Waals surface area contributed by atoms with Gasteiger partial charge in [-0.1, -0.05) is 5.11 Å². The van der Waals surface area contributed by atoms with Gasteiger partial charge in [-0.05, 0) is 18.4 Å². The number of nitrogens with zero attached hydrogens (tertiary/aromatic N) is 5. The van der Waals surface area contributed by atoms with Gasteiger partial charge in [0.15, 0.2) is 0 Å². The lowest BCUT2D eigenvalue weighted by Crippen LogP contribution is -2.11. The largest absolute Gasteiger partial charge is 0.484 e. The first kappa shape index (κ1) is 14.3. The molecule has 0 radical (unpaired) electrons. The van der Waals surface area contributed by atoms with Gasteiger partial charge in [-0.2, -0.15) is 0 Å². The van der Waals surface area contributed by atoms with Crippen LogP contribution in [0.25, 0.3) is 10.4 Å². The van der Waals surface area contributed by atoms with Crippen LogP contribution in [0.3, 0.4) is 0 Å². The number of fused-ring (bicyclic) bond motifs is 1. The molecule has 0 aliphatic carbocycles. The highest BCUT2D eigenvalue weighted by atomic mass is 16.6. The molecular weight excluding hydrogens is 286 g/mol. The van der Waals surface area contributed by atoms with Gasteiger partial charge in [0, 0.05) is 11.0 Å². The molecule has 2 rings (SSSR count). The molecule has 1 heterocycles. The maximum Gasteiger partial charge on any atom is 0.325 e. The van der Waals surface area contributed by atoms with Crippen LogP contribution in [0, 0.1) is 20.2 Å². The predicted octanol–water partition coefficient (Wildman–Crippen LogP) is 3.00. The molecule has 0 atom stereocenters. The second kappa shape index (κ2) is 5.92. The van der Waals surface area contributed by atoms with E-state index in [1.165, 1.54) is 0 Å². The minimum atomic E-state index is -0.822. The zero-order valence-corrected chi connectivity index (χ0v) is 10.6. The highest BCUT2D eigenvalue weighted by Crippen LogP contribution is 2.50. The topological polar surface area (TPSA) is 154 Å². The van der Waals surface area contributed by atoms with Gasteiger partial charge < -0.3 is 9.47 Å². The molecular formula is C10H9N5O6. The average molecular weight is 295 g/mol. The molecule has 0 bridgehead atoms. The second-order valence-electron chi connectivity index (χ2n) is 4.03. The van der Waals surface area contributed by atoms with Crippen molar-refractivity contribution in [2.24, 2.45) is 5.11 Å². The number of hydrogen-bond acceptors (Lipinski definition) is 7. The number of nitro benzene ring substituents is 2. The average Bonchev–Trinajstić information content (AvgIpc) is 2.38. The first-order chi connectivity index (χ1) is 10.1. The molecule has 0 aromatic heterocycles. The lowest BCUT2D eigenvalue weighted by molar-refractivity contribution is -0.390. The summed E-state index contributed by atoms with van der Waals surface area (Å²) in [5.74, 6) is -0.695. The van der Waals surface area contributed by atoms with E-state index >= 15 is 0 Å². The molecule has 0 N–H and O–H groups in total. The Hall–Kier alpha value is -3.07. The monoisotopic (exact) mass is 295 g/mol. The molecule has 11 nitrogen and oxygen atoms in total. The van der Waals surface area contributed by atoms with Crippen LogP contribution in [-0.2, 0) is 0 Å². The molecule has 0 unspecified atom stereocenters. The first-order valence-electron chi connectivity index (χ1n) is 5.86. The zero-order chi connectivity index (χ0) is 15.4. The third kappa shape index (κ3) is 2.77. The third-order valence-electron chi connectivity index (χ3n) is 2.73. The van der Waals surface area contributed by atoms with Crippen molar-refractivity contribution in [3.63, 3.8) is 0 Å². The van der Waals surface area contributed by atoms with Crippen LogP contribution < -0.4 is 9.47 Å². The summed E-state index contributed by atoms with van der Waals surface area (Å²) in [5, 5.41) is 25.4. The van der Waals surface area contributed by atoms with Gasteiger partial charge in [-0.3, -0.25) is 20.2 Å². The minimum Gasteiger partial charge on any atom is -0.484 e. The third-order valence-corrected chi connectivity index (χ3v) is 2.73. The summed E-state index contributed by atoms with van der Waals surface area (Å²) >= 11 is 0. The number of ether oxygens (including phenoxy) is 2. The van der Waals surface area contributed by atoms with Crippen molar-refractivity contribution in [3.8, 4) is 11.5 Å². The van der Waals surface area contributed by atoms with Crippen LogP contribution in [0.4, 0.5) is 17.1 Å². The van der Waals surface area contributed by atoms with E-state index in [9.17, 15) is 20.2 Å². The Kier molecular flexibility index (Phi) is 4.05. The van der Waals surface area contributed by atoms with Gasteiger partial charge in [-0.25, -0.2) is 0 Å². The van der Waals surface area contributed by atoms with Gasteiger partial charge in [0.1, 0.15) is 5.69 Å². The molecule has 1 aliphatic rings. The Morgan fingerprint density at radius 3 is 2.29 bits per heavy atom. The Bertz CT molecular complexity index is 654. The van der Waals surface area contributed by atoms with Crippen LogP contribution >= 0.6 is 0 Å². The van der Waals surface area contributed by atoms with E-state index in [1.807, 2.05) is 0 Å². The molecule has 0 saturated heterocycles. The zero-order valence-electron chi connectivity index (χ0n) is 10.6. The minimum absolute atomic E-state index is 0.147. The van der Waals surface area contributed by atoms with Crippen LogP contribution in [0.5, 0.6) is 11.5 Å². The normalized spacial score (nSPS) is 13.5. The fourth-order valence-electron chi connectivity index (χ4n) is 1.87. The summed E-state index contributed by atoms with van der Waals surface area (Å²) in [5.41, 5.74) is 6.78. The van der Waals surface area contributed by atoms with Gasteiger partial charge >= 0.3 is 11.4 Å². The Balaban J connectivity index is 2.79. The van der Waals surface area contributed by atoms with Gasteiger partial charge in [0.2, 0.25) is 11.5 Å². The van der Waals surface area contributed by atoms with Gasteiger partial charge in [-0.15, -0.1) is 0 Å². The first-order valence-corrected chi connectivity index (χ1v) is 5.86. The fourth-order valence-corrected chi connectivity index (χ4v) is 1.87. The van der Waals surface area contributed by atoms with Crippen LogP contribution in [0.1, 0.15) is 12.8 Å². The van der Waals surface area contributed by atoms with E-state index < -0.39 is 26.9 Å². The van der Waals surface area contributed by atoms with E-state index in [0.29, 0.717) is 12.8 Å². The smallest absolute Gasteiger partial charge is 0.325 e. The molecule has 21 heavy (non-hydrogen) atoms. The van der Waals surface area contributed by atoms with E-state index in [1.54, 1.807) is 0 Å². The summed E-state index contributed by atoms with van der Waals surface area (Å²) in [7, 11) is 0. The van der Waals surface area contributed by atoms with E-state index in [-0.39, 0.29) is 24.7 Å².